The average molecular weight is 487 g/mol. The van der Waals surface area contributed by atoms with Crippen LogP contribution in [-0.2, 0) is 16.1 Å². The number of hydrogen-bond acceptors (Lipinski definition) is 3. The number of likely N-dealkylation sites (N-methyl/N-ethyl adjacent to an activating group) is 1. The summed E-state index contributed by atoms with van der Waals surface area (Å²) >= 11 is 5.66. The fraction of sp³-hybridized carbons (Fsp3) is 0.321. The van der Waals surface area contributed by atoms with Crippen LogP contribution in [0.2, 0.25) is 0 Å². The van der Waals surface area contributed by atoms with Crippen molar-refractivity contribution in [3.05, 3.63) is 71.0 Å². The summed E-state index contributed by atoms with van der Waals surface area (Å²) in [6.07, 6.45) is 7.19. The largest absolute Gasteiger partial charge is 0.341 e. The average Bonchev–Trinajstić information content (AvgIpc) is 3.31. The van der Waals surface area contributed by atoms with Crippen molar-refractivity contribution in [2.24, 2.45) is 0 Å². The zero-order chi connectivity index (χ0) is 24.7. The van der Waals surface area contributed by atoms with Gasteiger partial charge in [0.05, 0.1) is 5.69 Å². The van der Waals surface area contributed by atoms with Crippen molar-refractivity contribution in [3.8, 4) is 0 Å². The smallest absolute Gasteiger partial charge is 0.281 e. The number of anilines is 1. The van der Waals surface area contributed by atoms with E-state index < -0.39 is 0 Å². The molecule has 0 saturated carbocycles. The van der Waals surface area contributed by atoms with E-state index >= 15 is 0 Å². The third-order valence-electron chi connectivity index (χ3n) is 7.14. The van der Waals surface area contributed by atoms with Crippen molar-refractivity contribution < 1.29 is 9.59 Å². The molecule has 2 aliphatic heterocycles. The second kappa shape index (κ2) is 9.30. The van der Waals surface area contributed by atoms with E-state index in [-0.39, 0.29) is 11.8 Å². The number of amides is 2. The maximum atomic E-state index is 13.5. The van der Waals surface area contributed by atoms with Crippen LogP contribution in [0.15, 0.2) is 54.4 Å². The fourth-order valence-corrected chi connectivity index (χ4v) is 5.19. The Morgan fingerprint density at radius 2 is 1.77 bits per heavy atom. The molecule has 0 radical (unpaired) electrons. The molecule has 0 spiro atoms. The van der Waals surface area contributed by atoms with Crippen LogP contribution in [-0.4, -0.2) is 51.4 Å². The lowest BCUT2D eigenvalue weighted by Crippen LogP contribution is -2.37. The Kier molecular flexibility index (Phi) is 6.19. The van der Waals surface area contributed by atoms with Crippen LogP contribution in [0.1, 0.15) is 36.0 Å². The molecule has 0 bridgehead atoms. The van der Waals surface area contributed by atoms with Crippen LogP contribution in [0.4, 0.5) is 5.69 Å². The molecule has 6 nitrogen and oxygen atoms in total. The highest BCUT2D eigenvalue weighted by molar-refractivity contribution is 7.80. The van der Waals surface area contributed by atoms with Gasteiger partial charge in [-0.3, -0.25) is 14.5 Å². The number of carbonyl (C=O) groups is 2. The fourth-order valence-electron chi connectivity index (χ4n) is 4.91. The highest BCUT2D eigenvalue weighted by Gasteiger charge is 2.37. The Morgan fingerprint density at radius 3 is 2.51 bits per heavy atom. The van der Waals surface area contributed by atoms with Crippen molar-refractivity contribution in [2.45, 2.75) is 39.7 Å². The number of thiocarbonyl (C=S) groups is 1. The van der Waals surface area contributed by atoms with Gasteiger partial charge in [-0.2, -0.15) is 0 Å². The van der Waals surface area contributed by atoms with E-state index in [9.17, 15) is 9.59 Å². The van der Waals surface area contributed by atoms with E-state index in [1.807, 2.05) is 85.1 Å². The minimum atomic E-state index is -0.151. The SMILES string of the molecule is Cc1ccc(N2C(=O)/C(=C/c3cn(CC(=O)N4CCCCC4)c4ccccc34)N(C)C2=S)cc1C. The van der Waals surface area contributed by atoms with Gasteiger partial charge in [0.15, 0.2) is 5.11 Å². The highest BCUT2D eigenvalue weighted by Crippen LogP contribution is 2.31. The molecule has 5 rings (SSSR count). The lowest BCUT2D eigenvalue weighted by atomic mass is 10.1. The normalized spacial score (nSPS) is 17.8. The number of likely N-dealkylation sites (tertiary alicyclic amines) is 1. The first-order valence-electron chi connectivity index (χ1n) is 12.1. The van der Waals surface area contributed by atoms with Crippen molar-refractivity contribution >= 4 is 51.8 Å². The van der Waals surface area contributed by atoms with E-state index in [2.05, 4.69) is 0 Å². The molecule has 2 aromatic carbocycles. The van der Waals surface area contributed by atoms with Gasteiger partial charge >= 0.3 is 0 Å². The molecule has 0 aliphatic carbocycles. The van der Waals surface area contributed by atoms with Crippen molar-refractivity contribution in [1.29, 1.82) is 0 Å². The van der Waals surface area contributed by atoms with E-state index in [1.165, 1.54) is 12.0 Å². The number of benzene rings is 2. The van der Waals surface area contributed by atoms with E-state index in [0.29, 0.717) is 17.4 Å². The second-order valence-corrected chi connectivity index (χ2v) is 9.82. The maximum Gasteiger partial charge on any atom is 0.281 e. The minimum absolute atomic E-state index is 0.140. The van der Waals surface area contributed by atoms with Crippen LogP contribution in [0, 0.1) is 13.8 Å². The quantitative estimate of drug-likeness (QED) is 0.390. The summed E-state index contributed by atoms with van der Waals surface area (Å²) in [6.45, 7) is 6.04. The van der Waals surface area contributed by atoms with Crippen LogP contribution in [0.5, 0.6) is 0 Å². The molecule has 2 fully saturated rings. The number of fused-ring (bicyclic) bond motifs is 1. The molecule has 0 N–H and O–H groups in total. The molecule has 35 heavy (non-hydrogen) atoms. The molecule has 2 saturated heterocycles. The topological polar surface area (TPSA) is 48.8 Å². The third-order valence-corrected chi connectivity index (χ3v) is 7.59. The maximum absolute atomic E-state index is 13.5. The molecular weight excluding hydrogens is 456 g/mol. The van der Waals surface area contributed by atoms with Gasteiger partial charge in [-0.1, -0.05) is 24.3 Å². The summed E-state index contributed by atoms with van der Waals surface area (Å²) in [5.74, 6) is -0.0113. The van der Waals surface area contributed by atoms with Crippen molar-refractivity contribution in [2.75, 3.05) is 25.0 Å². The molecule has 0 unspecified atom stereocenters. The lowest BCUT2D eigenvalue weighted by molar-refractivity contribution is -0.132. The van der Waals surface area contributed by atoms with E-state index in [1.54, 1.807) is 9.80 Å². The first-order valence-corrected chi connectivity index (χ1v) is 12.5. The number of hydrogen-bond donors (Lipinski definition) is 0. The summed E-state index contributed by atoms with van der Waals surface area (Å²) in [6, 6.07) is 13.9. The van der Waals surface area contributed by atoms with Gasteiger partial charge < -0.3 is 14.4 Å². The van der Waals surface area contributed by atoms with Gasteiger partial charge in [-0.05, 0) is 80.7 Å². The third kappa shape index (κ3) is 4.25. The predicted octanol–water partition coefficient (Wildman–Crippen LogP) is 4.88. The number of nitrogens with zero attached hydrogens (tertiary/aromatic N) is 4. The predicted molar refractivity (Wildman–Crippen MR) is 144 cm³/mol. The number of para-hydroxylation sites is 1. The minimum Gasteiger partial charge on any atom is -0.341 e. The van der Waals surface area contributed by atoms with Gasteiger partial charge in [0.25, 0.3) is 5.91 Å². The second-order valence-electron chi connectivity index (χ2n) is 9.45. The Bertz CT molecular complexity index is 1370. The summed E-state index contributed by atoms with van der Waals surface area (Å²) in [5.41, 5.74) is 5.44. The number of piperidine rings is 1. The molecule has 3 aromatic rings. The summed E-state index contributed by atoms with van der Waals surface area (Å²) in [7, 11) is 1.83. The molecule has 180 valence electrons. The van der Waals surface area contributed by atoms with Crippen molar-refractivity contribution in [3.63, 3.8) is 0 Å². The van der Waals surface area contributed by atoms with Gasteiger partial charge in [0, 0.05) is 42.8 Å². The zero-order valence-electron chi connectivity index (χ0n) is 20.5. The van der Waals surface area contributed by atoms with Crippen LogP contribution in [0.25, 0.3) is 17.0 Å². The first kappa shape index (κ1) is 23.3. The van der Waals surface area contributed by atoms with Gasteiger partial charge in [-0.25, -0.2) is 0 Å². The number of aryl methyl sites for hydroxylation is 2. The van der Waals surface area contributed by atoms with Gasteiger partial charge in [0.1, 0.15) is 12.2 Å². The Morgan fingerprint density at radius 1 is 1.03 bits per heavy atom. The zero-order valence-corrected chi connectivity index (χ0v) is 21.3. The summed E-state index contributed by atoms with van der Waals surface area (Å²) in [4.78, 5) is 31.8. The van der Waals surface area contributed by atoms with Gasteiger partial charge in [-0.15, -0.1) is 0 Å². The Labute approximate surface area is 211 Å². The summed E-state index contributed by atoms with van der Waals surface area (Å²) in [5, 5.41) is 1.46. The summed E-state index contributed by atoms with van der Waals surface area (Å²) < 4.78 is 2.00. The van der Waals surface area contributed by atoms with Crippen molar-refractivity contribution in [1.82, 2.24) is 14.4 Å². The van der Waals surface area contributed by atoms with Crippen LogP contribution >= 0.6 is 12.2 Å². The Balaban J connectivity index is 1.49. The lowest BCUT2D eigenvalue weighted by Gasteiger charge is -2.27. The standard InChI is InChI=1S/C28H30N4O2S/c1-19-11-12-22(15-20(19)2)32-27(34)25(29(3)28(32)35)16-21-17-31(24-10-6-5-9-23(21)24)18-26(33)30-13-7-4-8-14-30/h5-6,9-12,15-17H,4,7-8,13-14,18H2,1-3H3/b25-16-. The monoisotopic (exact) mass is 486 g/mol. The Hall–Kier alpha value is -3.45. The first-order chi connectivity index (χ1) is 16.8. The highest BCUT2D eigenvalue weighted by atomic mass is 32.1. The molecule has 1 aromatic heterocycles. The molecule has 2 aliphatic rings. The van der Waals surface area contributed by atoms with Gasteiger partial charge in [0.2, 0.25) is 5.91 Å². The molecule has 7 heteroatoms. The molecule has 3 heterocycles. The molecule has 0 atom stereocenters. The number of carbonyl (C=O) groups excluding carboxylic acids is 2. The van der Waals surface area contributed by atoms with E-state index in [0.717, 1.165) is 53.6 Å². The molecular formula is C28H30N4O2S. The number of aromatic nitrogens is 1. The van der Waals surface area contributed by atoms with Crippen LogP contribution < -0.4 is 4.90 Å². The van der Waals surface area contributed by atoms with E-state index in [4.69, 9.17) is 12.2 Å². The number of rotatable bonds is 4. The molecule has 2 amide bonds. The van der Waals surface area contributed by atoms with Crippen LogP contribution in [0.3, 0.4) is 0 Å².